The minimum absolute atomic E-state index is 0.0457. The zero-order valence-electron chi connectivity index (χ0n) is 35.9. The zero-order chi connectivity index (χ0) is 40.5. The van der Waals surface area contributed by atoms with Gasteiger partial charge in [0.15, 0.2) is 0 Å². The van der Waals surface area contributed by atoms with Crippen molar-refractivity contribution in [2.45, 2.75) is 192 Å². The molecule has 1 aliphatic rings. The van der Waals surface area contributed by atoms with Gasteiger partial charge in [0.05, 0.1) is 52.1 Å². The maximum absolute atomic E-state index is 12.9. The number of phosphoric acid groups is 1. The molecule has 0 spiro atoms. The molecule has 0 radical (unpaired) electrons. The molecule has 1 aliphatic heterocycles. The molecule has 9 nitrogen and oxygen atoms in total. The third-order valence-corrected chi connectivity index (χ3v) is 11.0. The standard InChI is InChI=1S/C45H83N2O7P/c1-6-8-10-12-14-16-18-20-21-22-23-25-27-29-31-34-42(48)41(40-53-55(50,51)52-39-38-47(3,4)5)46-45(49)37-33-36-44-43(54-44)35-32-30-28-26-24-19-17-15-13-11-9-7-2/h15,17,24,26,30-32,34,41-44,48H,6-14,16,18-23,25,27-29,33,35-40H2,1-5H3,(H-,46,49,50,51)/p+1/b17-15-,26-24-,32-30-,34-31+/t41-,42+,43?,44?/m0/s1. The molecule has 0 aromatic carbocycles. The lowest BCUT2D eigenvalue weighted by atomic mass is 10.0. The van der Waals surface area contributed by atoms with E-state index in [2.05, 4.69) is 55.6 Å². The van der Waals surface area contributed by atoms with Gasteiger partial charge in [-0.25, -0.2) is 4.57 Å². The van der Waals surface area contributed by atoms with Crippen molar-refractivity contribution in [1.29, 1.82) is 0 Å². The highest BCUT2D eigenvalue weighted by molar-refractivity contribution is 7.47. The minimum atomic E-state index is -4.36. The number of unbranched alkanes of at least 4 members (excludes halogenated alkanes) is 16. The third-order valence-electron chi connectivity index (χ3n) is 9.97. The van der Waals surface area contributed by atoms with Crippen LogP contribution in [0.2, 0.25) is 0 Å². The zero-order valence-corrected chi connectivity index (χ0v) is 36.7. The lowest BCUT2D eigenvalue weighted by molar-refractivity contribution is -0.870. The monoisotopic (exact) mass is 796 g/mol. The molecule has 1 heterocycles. The van der Waals surface area contributed by atoms with Crippen molar-refractivity contribution in [2.75, 3.05) is 40.9 Å². The number of hydrogen-bond acceptors (Lipinski definition) is 6. The molecule has 1 fully saturated rings. The number of hydrogen-bond donors (Lipinski definition) is 3. The van der Waals surface area contributed by atoms with E-state index < -0.39 is 20.0 Å². The second-order valence-corrected chi connectivity index (χ2v) is 17.9. The fourth-order valence-electron chi connectivity index (χ4n) is 6.30. The molecule has 55 heavy (non-hydrogen) atoms. The van der Waals surface area contributed by atoms with Crippen LogP contribution in [-0.2, 0) is 23.1 Å². The molecule has 0 bridgehead atoms. The fourth-order valence-corrected chi connectivity index (χ4v) is 7.04. The van der Waals surface area contributed by atoms with Gasteiger partial charge >= 0.3 is 7.82 Å². The van der Waals surface area contributed by atoms with Crippen LogP contribution >= 0.6 is 7.82 Å². The van der Waals surface area contributed by atoms with Crippen LogP contribution in [0.5, 0.6) is 0 Å². The first kappa shape index (κ1) is 51.4. The van der Waals surface area contributed by atoms with Crippen LogP contribution in [0.15, 0.2) is 48.6 Å². The second kappa shape index (κ2) is 33.4. The molecule has 10 heteroatoms. The van der Waals surface area contributed by atoms with E-state index in [4.69, 9.17) is 13.8 Å². The number of aliphatic hydroxyl groups excluding tert-OH is 1. The number of allylic oxidation sites excluding steroid dienone is 6. The van der Waals surface area contributed by atoms with Gasteiger partial charge in [0.1, 0.15) is 13.2 Å². The summed E-state index contributed by atoms with van der Waals surface area (Å²) < 4.78 is 29.4. The normalized spacial score (nSPS) is 18.5. The summed E-state index contributed by atoms with van der Waals surface area (Å²) in [6.07, 6.45) is 43.3. The summed E-state index contributed by atoms with van der Waals surface area (Å²) in [4.78, 5) is 23.2. The van der Waals surface area contributed by atoms with Gasteiger partial charge in [0, 0.05) is 6.42 Å². The minimum Gasteiger partial charge on any atom is -0.387 e. The Balaban J connectivity index is 2.40. The molecular formula is C45H84N2O7P+. The Bertz CT molecular complexity index is 1100. The predicted octanol–water partition coefficient (Wildman–Crippen LogP) is 11.1. The van der Waals surface area contributed by atoms with Gasteiger partial charge in [-0.15, -0.1) is 0 Å². The topological polar surface area (TPSA) is 118 Å². The first-order valence-electron chi connectivity index (χ1n) is 22.1. The number of carbonyl (C=O) groups excluding carboxylic acids is 1. The van der Waals surface area contributed by atoms with E-state index in [0.717, 1.165) is 44.9 Å². The number of carbonyl (C=O) groups is 1. The van der Waals surface area contributed by atoms with E-state index in [1.54, 1.807) is 6.08 Å². The molecule has 3 unspecified atom stereocenters. The summed E-state index contributed by atoms with van der Waals surface area (Å²) >= 11 is 0. The molecule has 1 amide bonds. The van der Waals surface area contributed by atoms with Gasteiger partial charge in [-0.3, -0.25) is 13.8 Å². The number of aliphatic hydroxyl groups is 1. The highest BCUT2D eigenvalue weighted by Crippen LogP contribution is 2.43. The molecule has 0 aliphatic carbocycles. The number of ether oxygens (including phenoxy) is 1. The lowest BCUT2D eigenvalue weighted by Gasteiger charge is -2.25. The number of epoxide rings is 1. The Morgan fingerprint density at radius 1 is 0.727 bits per heavy atom. The Labute approximate surface area is 337 Å². The Hall–Kier alpha value is -1.58. The van der Waals surface area contributed by atoms with E-state index in [1.165, 1.54) is 96.3 Å². The van der Waals surface area contributed by atoms with Gasteiger partial charge in [-0.1, -0.05) is 152 Å². The van der Waals surface area contributed by atoms with Crippen LogP contribution in [-0.4, -0.2) is 85.6 Å². The van der Waals surface area contributed by atoms with E-state index in [1.807, 2.05) is 27.2 Å². The maximum Gasteiger partial charge on any atom is 0.472 e. The van der Waals surface area contributed by atoms with Crippen molar-refractivity contribution in [3.63, 3.8) is 0 Å². The number of phosphoric ester groups is 1. The van der Waals surface area contributed by atoms with Crippen LogP contribution in [0.4, 0.5) is 0 Å². The van der Waals surface area contributed by atoms with Crippen LogP contribution in [0.1, 0.15) is 168 Å². The number of amides is 1. The van der Waals surface area contributed by atoms with Crippen molar-refractivity contribution in [1.82, 2.24) is 5.32 Å². The van der Waals surface area contributed by atoms with Gasteiger partial charge in [0.2, 0.25) is 5.91 Å². The van der Waals surface area contributed by atoms with E-state index >= 15 is 0 Å². The van der Waals surface area contributed by atoms with Crippen molar-refractivity contribution < 1.29 is 37.6 Å². The van der Waals surface area contributed by atoms with Gasteiger partial charge in [0.25, 0.3) is 0 Å². The maximum atomic E-state index is 12.9. The fraction of sp³-hybridized carbons (Fsp3) is 0.800. The summed E-state index contributed by atoms with van der Waals surface area (Å²) in [5, 5.41) is 13.8. The summed E-state index contributed by atoms with van der Waals surface area (Å²) in [7, 11) is 1.52. The summed E-state index contributed by atoms with van der Waals surface area (Å²) in [5.74, 6) is -0.240. The molecule has 1 saturated heterocycles. The van der Waals surface area contributed by atoms with E-state index in [9.17, 15) is 19.4 Å². The first-order valence-corrected chi connectivity index (χ1v) is 23.6. The van der Waals surface area contributed by atoms with Crippen LogP contribution < -0.4 is 5.32 Å². The highest BCUT2D eigenvalue weighted by Gasteiger charge is 2.36. The summed E-state index contributed by atoms with van der Waals surface area (Å²) in [6.45, 7) is 4.71. The second-order valence-electron chi connectivity index (χ2n) is 16.5. The third kappa shape index (κ3) is 33.1. The van der Waals surface area contributed by atoms with Gasteiger partial charge < -0.3 is 24.5 Å². The van der Waals surface area contributed by atoms with E-state index in [-0.39, 0.29) is 37.7 Å². The average molecular weight is 796 g/mol. The first-order chi connectivity index (χ1) is 26.5. The largest absolute Gasteiger partial charge is 0.472 e. The molecule has 0 saturated carbocycles. The Morgan fingerprint density at radius 2 is 1.25 bits per heavy atom. The quantitative estimate of drug-likeness (QED) is 0.0187. The van der Waals surface area contributed by atoms with Crippen LogP contribution in [0.3, 0.4) is 0 Å². The van der Waals surface area contributed by atoms with Crippen molar-refractivity contribution in [2.24, 2.45) is 0 Å². The number of quaternary nitrogens is 1. The molecule has 1 rings (SSSR count). The average Bonchev–Trinajstić information content (AvgIpc) is 3.89. The van der Waals surface area contributed by atoms with E-state index in [0.29, 0.717) is 17.4 Å². The Morgan fingerprint density at radius 3 is 1.87 bits per heavy atom. The van der Waals surface area contributed by atoms with Crippen molar-refractivity contribution >= 4 is 13.7 Å². The molecule has 5 atom stereocenters. The number of rotatable bonds is 38. The van der Waals surface area contributed by atoms with Gasteiger partial charge in [-0.2, -0.15) is 0 Å². The van der Waals surface area contributed by atoms with Crippen LogP contribution in [0, 0.1) is 0 Å². The summed E-state index contributed by atoms with van der Waals surface area (Å²) in [6, 6.07) is -0.885. The van der Waals surface area contributed by atoms with Crippen molar-refractivity contribution in [3.05, 3.63) is 48.6 Å². The van der Waals surface area contributed by atoms with Crippen LogP contribution in [0.25, 0.3) is 0 Å². The summed E-state index contributed by atoms with van der Waals surface area (Å²) in [5.41, 5.74) is 0. The SMILES string of the molecule is CCCCC/C=C\C/C=C\C/C=C\CC1OC1CCCC(=O)N[C@@H](COP(=O)(O)OCC[N+](C)(C)C)[C@H](O)/C=C/CCCCCCCCCCCCCCC. The highest BCUT2D eigenvalue weighted by atomic mass is 31.2. The molecular weight excluding hydrogens is 711 g/mol. The number of nitrogens with one attached hydrogen (secondary N) is 1. The van der Waals surface area contributed by atoms with Crippen molar-refractivity contribution in [3.8, 4) is 0 Å². The molecule has 0 aromatic rings. The lowest BCUT2D eigenvalue weighted by Crippen LogP contribution is -2.45. The smallest absolute Gasteiger partial charge is 0.387 e. The number of nitrogens with zero attached hydrogens (tertiary/aromatic N) is 1. The molecule has 3 N–H and O–H groups in total. The Kier molecular flexibility index (Phi) is 31.2. The molecule has 320 valence electrons. The molecule has 0 aromatic heterocycles. The van der Waals surface area contributed by atoms with Gasteiger partial charge in [-0.05, 0) is 57.8 Å². The predicted molar refractivity (Wildman–Crippen MR) is 230 cm³/mol. The number of likely N-dealkylation sites (N-methyl/N-ethyl adjacent to an activating group) is 1.